The predicted molar refractivity (Wildman–Crippen MR) is 85.1 cm³/mol. The fourth-order valence-electron chi connectivity index (χ4n) is 3.89. The SMILES string of the molecule is CC(=O)OC1=C(c2ccc(C)cc2C)C(=O)[C@H]2CCCC[C@@H]12. The highest BCUT2D eigenvalue weighted by Crippen LogP contribution is 2.47. The molecule has 0 bridgehead atoms. The van der Waals surface area contributed by atoms with E-state index in [0.29, 0.717) is 11.3 Å². The molecule has 22 heavy (non-hydrogen) atoms. The molecule has 116 valence electrons. The highest BCUT2D eigenvalue weighted by atomic mass is 16.5. The number of ether oxygens (including phenoxy) is 1. The van der Waals surface area contributed by atoms with E-state index in [1.165, 1.54) is 12.5 Å². The van der Waals surface area contributed by atoms with E-state index in [4.69, 9.17) is 4.74 Å². The van der Waals surface area contributed by atoms with E-state index < -0.39 is 0 Å². The van der Waals surface area contributed by atoms with Crippen LogP contribution >= 0.6 is 0 Å². The van der Waals surface area contributed by atoms with Crippen LogP contribution in [0.25, 0.3) is 5.57 Å². The van der Waals surface area contributed by atoms with Gasteiger partial charge in [-0.1, -0.05) is 36.6 Å². The Labute approximate surface area is 131 Å². The molecule has 0 aliphatic heterocycles. The highest BCUT2D eigenvalue weighted by Gasteiger charge is 2.45. The molecule has 2 aliphatic rings. The van der Waals surface area contributed by atoms with Gasteiger partial charge in [-0.05, 0) is 37.8 Å². The van der Waals surface area contributed by atoms with E-state index >= 15 is 0 Å². The zero-order valence-electron chi connectivity index (χ0n) is 13.4. The molecule has 3 nitrogen and oxygen atoms in total. The largest absolute Gasteiger partial charge is 0.430 e. The van der Waals surface area contributed by atoms with E-state index in [0.717, 1.165) is 36.8 Å². The third-order valence-electron chi connectivity index (χ3n) is 4.84. The lowest BCUT2D eigenvalue weighted by Gasteiger charge is -2.25. The normalized spacial score (nSPS) is 24.4. The molecule has 0 unspecified atom stereocenters. The summed E-state index contributed by atoms with van der Waals surface area (Å²) < 4.78 is 5.52. The van der Waals surface area contributed by atoms with Crippen molar-refractivity contribution in [2.75, 3.05) is 0 Å². The Morgan fingerprint density at radius 2 is 1.82 bits per heavy atom. The fraction of sp³-hybridized carbons (Fsp3) is 0.474. The predicted octanol–water partition coefficient (Wildman–Crippen LogP) is 3.97. The van der Waals surface area contributed by atoms with E-state index in [2.05, 4.69) is 6.07 Å². The number of hydrogen-bond donors (Lipinski definition) is 0. The number of rotatable bonds is 2. The summed E-state index contributed by atoms with van der Waals surface area (Å²) in [6.07, 6.45) is 4.02. The van der Waals surface area contributed by atoms with Crippen molar-refractivity contribution in [3.8, 4) is 0 Å². The molecule has 0 N–H and O–H groups in total. The van der Waals surface area contributed by atoms with Crippen LogP contribution in [0.2, 0.25) is 0 Å². The Morgan fingerprint density at radius 3 is 2.45 bits per heavy atom. The molecule has 0 radical (unpaired) electrons. The lowest BCUT2D eigenvalue weighted by Crippen LogP contribution is -2.22. The Kier molecular flexibility index (Phi) is 3.90. The number of hydrogen-bond acceptors (Lipinski definition) is 3. The monoisotopic (exact) mass is 298 g/mol. The van der Waals surface area contributed by atoms with Crippen molar-refractivity contribution in [1.82, 2.24) is 0 Å². The summed E-state index contributed by atoms with van der Waals surface area (Å²) in [6.45, 7) is 5.46. The summed E-state index contributed by atoms with van der Waals surface area (Å²) >= 11 is 0. The van der Waals surface area contributed by atoms with Crippen LogP contribution < -0.4 is 0 Å². The van der Waals surface area contributed by atoms with Gasteiger partial charge in [0.05, 0.1) is 5.57 Å². The molecule has 0 saturated heterocycles. The third-order valence-corrected chi connectivity index (χ3v) is 4.84. The van der Waals surface area contributed by atoms with Gasteiger partial charge in [-0.2, -0.15) is 0 Å². The highest BCUT2D eigenvalue weighted by molar-refractivity contribution is 6.25. The standard InChI is InChI=1S/C19H22O3/c1-11-8-9-14(12(2)10-11)17-18(21)15-6-4-5-7-16(15)19(17)22-13(3)20/h8-10,15-16H,4-7H2,1-3H3/t15-,16+/m0/s1. The zero-order valence-corrected chi connectivity index (χ0v) is 13.4. The van der Waals surface area contributed by atoms with Crippen LogP contribution in [0.15, 0.2) is 24.0 Å². The molecule has 0 spiro atoms. The number of ketones is 1. The topological polar surface area (TPSA) is 43.4 Å². The Morgan fingerprint density at radius 1 is 1.14 bits per heavy atom. The average Bonchev–Trinajstić information content (AvgIpc) is 2.73. The molecule has 1 aromatic carbocycles. The molecule has 1 saturated carbocycles. The first-order chi connectivity index (χ1) is 10.5. The maximum atomic E-state index is 12.9. The van der Waals surface area contributed by atoms with Crippen molar-refractivity contribution in [3.05, 3.63) is 40.6 Å². The van der Waals surface area contributed by atoms with Crippen LogP contribution in [0.4, 0.5) is 0 Å². The van der Waals surface area contributed by atoms with Gasteiger partial charge >= 0.3 is 5.97 Å². The average molecular weight is 298 g/mol. The summed E-state index contributed by atoms with van der Waals surface area (Å²) in [7, 11) is 0. The first-order valence-corrected chi connectivity index (χ1v) is 8.03. The second-order valence-corrected chi connectivity index (χ2v) is 6.51. The number of carbonyl (C=O) groups is 2. The number of esters is 1. The summed E-state index contributed by atoms with van der Waals surface area (Å²) in [6, 6.07) is 6.07. The summed E-state index contributed by atoms with van der Waals surface area (Å²) in [5.74, 6) is 0.526. The Balaban J connectivity index is 2.13. The molecule has 1 aromatic rings. The van der Waals surface area contributed by atoms with Gasteiger partial charge < -0.3 is 4.74 Å². The van der Waals surface area contributed by atoms with Crippen molar-refractivity contribution in [2.45, 2.75) is 46.5 Å². The number of benzene rings is 1. The van der Waals surface area contributed by atoms with Crippen LogP contribution in [0.5, 0.6) is 0 Å². The van der Waals surface area contributed by atoms with E-state index in [-0.39, 0.29) is 23.6 Å². The van der Waals surface area contributed by atoms with Crippen molar-refractivity contribution < 1.29 is 14.3 Å². The molecule has 0 heterocycles. The molecule has 2 aliphatic carbocycles. The first kappa shape index (κ1) is 15.0. The van der Waals surface area contributed by atoms with Crippen molar-refractivity contribution in [3.63, 3.8) is 0 Å². The number of fused-ring (bicyclic) bond motifs is 1. The number of aryl methyl sites for hydroxylation is 2. The summed E-state index contributed by atoms with van der Waals surface area (Å²) in [4.78, 5) is 24.4. The number of carbonyl (C=O) groups excluding carboxylic acids is 2. The second-order valence-electron chi connectivity index (χ2n) is 6.51. The minimum absolute atomic E-state index is 0.00111. The zero-order chi connectivity index (χ0) is 15.9. The minimum Gasteiger partial charge on any atom is -0.430 e. The maximum Gasteiger partial charge on any atom is 0.307 e. The first-order valence-electron chi connectivity index (χ1n) is 8.03. The van der Waals surface area contributed by atoms with E-state index in [1.54, 1.807) is 0 Å². The lowest BCUT2D eigenvalue weighted by molar-refractivity contribution is -0.138. The summed E-state index contributed by atoms with van der Waals surface area (Å²) in [5.41, 5.74) is 3.79. The molecule has 2 atom stereocenters. The molecular formula is C19H22O3. The van der Waals surface area contributed by atoms with Crippen LogP contribution in [-0.2, 0) is 14.3 Å². The van der Waals surface area contributed by atoms with Gasteiger partial charge in [-0.3, -0.25) is 9.59 Å². The van der Waals surface area contributed by atoms with Crippen LogP contribution in [-0.4, -0.2) is 11.8 Å². The van der Waals surface area contributed by atoms with Crippen LogP contribution in [0, 0.1) is 25.7 Å². The van der Waals surface area contributed by atoms with Gasteiger partial charge in [0, 0.05) is 18.8 Å². The smallest absolute Gasteiger partial charge is 0.307 e. The van der Waals surface area contributed by atoms with Crippen molar-refractivity contribution in [1.29, 1.82) is 0 Å². The minimum atomic E-state index is -0.337. The van der Waals surface area contributed by atoms with Gasteiger partial charge in [0.1, 0.15) is 5.76 Å². The molecule has 0 amide bonds. The number of Topliss-reactive ketones (excluding diaryl/α,β-unsaturated/α-hetero) is 1. The van der Waals surface area contributed by atoms with E-state index in [1.807, 2.05) is 26.0 Å². The van der Waals surface area contributed by atoms with Gasteiger partial charge in [0.15, 0.2) is 5.78 Å². The third kappa shape index (κ3) is 2.49. The van der Waals surface area contributed by atoms with Gasteiger partial charge in [0.2, 0.25) is 0 Å². The maximum absolute atomic E-state index is 12.9. The molecule has 3 heteroatoms. The van der Waals surface area contributed by atoms with Crippen LogP contribution in [0.1, 0.15) is 49.3 Å². The van der Waals surface area contributed by atoms with Crippen molar-refractivity contribution >= 4 is 17.3 Å². The molecule has 0 aromatic heterocycles. The Hall–Kier alpha value is -1.90. The van der Waals surface area contributed by atoms with Crippen LogP contribution in [0.3, 0.4) is 0 Å². The van der Waals surface area contributed by atoms with Gasteiger partial charge in [-0.15, -0.1) is 0 Å². The van der Waals surface area contributed by atoms with E-state index in [9.17, 15) is 9.59 Å². The molecule has 3 rings (SSSR count). The lowest BCUT2D eigenvalue weighted by atomic mass is 9.80. The second kappa shape index (κ2) is 5.71. The molecular weight excluding hydrogens is 276 g/mol. The Bertz CT molecular complexity index is 669. The van der Waals surface area contributed by atoms with Crippen molar-refractivity contribution in [2.24, 2.45) is 11.8 Å². The molecule has 1 fully saturated rings. The quantitative estimate of drug-likeness (QED) is 0.776. The fourth-order valence-corrected chi connectivity index (χ4v) is 3.89. The summed E-state index contributed by atoms with van der Waals surface area (Å²) in [5, 5.41) is 0. The van der Waals surface area contributed by atoms with Gasteiger partial charge in [-0.25, -0.2) is 0 Å². The van der Waals surface area contributed by atoms with Gasteiger partial charge in [0.25, 0.3) is 0 Å². The number of allylic oxidation sites excluding steroid dienone is 2.